The maximum atomic E-state index is 11.8. The summed E-state index contributed by atoms with van der Waals surface area (Å²) in [6.45, 7) is 1.44. The van der Waals surface area contributed by atoms with Crippen molar-refractivity contribution in [2.45, 2.75) is 6.42 Å². The van der Waals surface area contributed by atoms with E-state index in [9.17, 15) is 14.9 Å². The SMILES string of the molecule is Cn1c(C(=O)NCCCOCCCl)ccc1[N+](=O)[O-]. The predicted molar refractivity (Wildman–Crippen MR) is 70.6 cm³/mol. The van der Waals surface area contributed by atoms with Crippen LogP contribution in [0.2, 0.25) is 0 Å². The fourth-order valence-corrected chi connectivity index (χ4v) is 1.64. The molecule has 1 rings (SSSR count). The number of rotatable bonds is 8. The molecule has 0 fully saturated rings. The topological polar surface area (TPSA) is 86.4 Å². The number of amides is 1. The summed E-state index contributed by atoms with van der Waals surface area (Å²) >= 11 is 5.44. The largest absolute Gasteiger partial charge is 0.380 e. The molecular formula is C11H16ClN3O4. The molecule has 1 aromatic heterocycles. The van der Waals surface area contributed by atoms with Gasteiger partial charge in [-0.1, -0.05) is 0 Å². The Balaban J connectivity index is 2.40. The van der Waals surface area contributed by atoms with E-state index in [0.717, 1.165) is 0 Å². The van der Waals surface area contributed by atoms with Gasteiger partial charge in [0, 0.05) is 25.1 Å². The first kappa shape index (κ1) is 15.5. The summed E-state index contributed by atoms with van der Waals surface area (Å²) in [7, 11) is 1.48. The van der Waals surface area contributed by atoms with Gasteiger partial charge in [-0.3, -0.25) is 4.79 Å². The third-order valence-electron chi connectivity index (χ3n) is 2.49. The van der Waals surface area contributed by atoms with Crippen molar-refractivity contribution in [1.29, 1.82) is 0 Å². The molecule has 0 aliphatic rings. The van der Waals surface area contributed by atoms with E-state index in [-0.39, 0.29) is 17.4 Å². The van der Waals surface area contributed by atoms with Crippen LogP contribution in [0.4, 0.5) is 5.82 Å². The molecule has 19 heavy (non-hydrogen) atoms. The lowest BCUT2D eigenvalue weighted by molar-refractivity contribution is -0.391. The summed E-state index contributed by atoms with van der Waals surface area (Å²) in [6.07, 6.45) is 0.662. The van der Waals surface area contributed by atoms with E-state index in [1.165, 1.54) is 23.7 Å². The molecule has 0 saturated heterocycles. The van der Waals surface area contributed by atoms with Crippen molar-refractivity contribution >= 4 is 23.3 Å². The first-order chi connectivity index (χ1) is 9.07. The van der Waals surface area contributed by atoms with Crippen LogP contribution < -0.4 is 5.32 Å². The van der Waals surface area contributed by atoms with Crippen LogP contribution in [0.1, 0.15) is 16.9 Å². The molecule has 7 nitrogen and oxygen atoms in total. The third-order valence-corrected chi connectivity index (χ3v) is 2.64. The first-order valence-electron chi connectivity index (χ1n) is 5.80. The monoisotopic (exact) mass is 289 g/mol. The Bertz CT molecular complexity index is 447. The molecule has 0 unspecified atom stereocenters. The standard InChI is InChI=1S/C11H16ClN3O4/c1-14-9(3-4-10(14)15(17)18)11(16)13-6-2-7-19-8-5-12/h3-4H,2,5-8H2,1H3,(H,13,16). The third kappa shape index (κ3) is 4.53. The molecule has 0 saturated carbocycles. The van der Waals surface area contributed by atoms with Crippen molar-refractivity contribution in [3.8, 4) is 0 Å². The summed E-state index contributed by atoms with van der Waals surface area (Å²) in [6, 6.07) is 2.73. The second kappa shape index (κ2) is 7.75. The lowest BCUT2D eigenvalue weighted by atomic mass is 10.3. The van der Waals surface area contributed by atoms with Gasteiger partial charge >= 0.3 is 5.82 Å². The van der Waals surface area contributed by atoms with E-state index in [4.69, 9.17) is 16.3 Å². The lowest BCUT2D eigenvalue weighted by Gasteiger charge is -2.04. The highest BCUT2D eigenvalue weighted by Gasteiger charge is 2.19. The van der Waals surface area contributed by atoms with Gasteiger partial charge in [-0.25, -0.2) is 4.57 Å². The van der Waals surface area contributed by atoms with Crippen LogP contribution in [-0.4, -0.2) is 41.0 Å². The van der Waals surface area contributed by atoms with Crippen molar-refractivity contribution in [2.24, 2.45) is 7.05 Å². The first-order valence-corrected chi connectivity index (χ1v) is 6.33. The summed E-state index contributed by atoms with van der Waals surface area (Å²) in [5, 5.41) is 13.3. The van der Waals surface area contributed by atoms with Gasteiger partial charge in [0.15, 0.2) is 5.69 Å². The Labute approximate surface area is 115 Å². The fourth-order valence-electron chi connectivity index (χ4n) is 1.54. The minimum Gasteiger partial charge on any atom is -0.380 e. The van der Waals surface area contributed by atoms with Gasteiger partial charge in [-0.05, 0) is 17.4 Å². The second-order valence-corrected chi connectivity index (χ2v) is 4.18. The molecule has 0 aliphatic carbocycles. The van der Waals surface area contributed by atoms with E-state index < -0.39 is 4.92 Å². The minimum atomic E-state index is -0.531. The van der Waals surface area contributed by atoms with Crippen molar-refractivity contribution in [3.05, 3.63) is 27.9 Å². The molecule has 1 aromatic rings. The zero-order valence-electron chi connectivity index (χ0n) is 10.6. The fraction of sp³-hybridized carbons (Fsp3) is 0.545. The van der Waals surface area contributed by atoms with Crippen LogP contribution >= 0.6 is 11.6 Å². The minimum absolute atomic E-state index is 0.115. The lowest BCUT2D eigenvalue weighted by Crippen LogP contribution is -2.27. The van der Waals surface area contributed by atoms with E-state index >= 15 is 0 Å². The molecule has 0 spiro atoms. The maximum Gasteiger partial charge on any atom is 0.323 e. The number of nitro groups is 1. The molecule has 1 heterocycles. The highest BCUT2D eigenvalue weighted by molar-refractivity contribution is 6.17. The Morgan fingerprint density at radius 1 is 1.53 bits per heavy atom. The Morgan fingerprint density at radius 2 is 2.26 bits per heavy atom. The number of hydrogen-bond acceptors (Lipinski definition) is 4. The smallest absolute Gasteiger partial charge is 0.323 e. The van der Waals surface area contributed by atoms with Crippen LogP contribution in [0.5, 0.6) is 0 Å². The number of nitrogens with zero attached hydrogens (tertiary/aromatic N) is 2. The van der Waals surface area contributed by atoms with Crippen molar-refractivity contribution < 1.29 is 14.5 Å². The summed E-state index contributed by atoms with van der Waals surface area (Å²) in [5.41, 5.74) is 0.258. The number of alkyl halides is 1. The van der Waals surface area contributed by atoms with Crippen LogP contribution in [0.15, 0.2) is 12.1 Å². The number of aromatic nitrogens is 1. The highest BCUT2D eigenvalue weighted by atomic mass is 35.5. The quantitative estimate of drug-likeness (QED) is 0.338. The van der Waals surface area contributed by atoms with E-state index in [1.54, 1.807) is 0 Å². The number of ether oxygens (including phenoxy) is 1. The van der Waals surface area contributed by atoms with Crippen molar-refractivity contribution in [2.75, 3.05) is 25.6 Å². The van der Waals surface area contributed by atoms with Crippen LogP contribution in [0, 0.1) is 10.1 Å². The molecule has 8 heteroatoms. The van der Waals surface area contributed by atoms with Gasteiger partial charge in [0.05, 0.1) is 13.7 Å². The molecule has 0 atom stereocenters. The number of halogens is 1. The molecular weight excluding hydrogens is 274 g/mol. The summed E-state index contributed by atoms with van der Waals surface area (Å²) < 4.78 is 6.40. The molecule has 106 valence electrons. The molecule has 1 amide bonds. The van der Waals surface area contributed by atoms with Gasteiger partial charge < -0.3 is 20.2 Å². The Hall–Kier alpha value is -1.60. The number of hydrogen-bond donors (Lipinski definition) is 1. The van der Waals surface area contributed by atoms with Gasteiger partial charge in [0.2, 0.25) is 0 Å². The second-order valence-electron chi connectivity index (χ2n) is 3.80. The average molecular weight is 290 g/mol. The maximum absolute atomic E-state index is 11.8. The Morgan fingerprint density at radius 3 is 2.84 bits per heavy atom. The molecule has 1 N–H and O–H groups in total. The van der Waals surface area contributed by atoms with Crippen molar-refractivity contribution in [3.63, 3.8) is 0 Å². The summed E-state index contributed by atoms with van der Waals surface area (Å²) in [4.78, 5) is 21.9. The van der Waals surface area contributed by atoms with E-state index in [2.05, 4.69) is 5.32 Å². The van der Waals surface area contributed by atoms with E-state index in [0.29, 0.717) is 32.1 Å². The normalized spacial score (nSPS) is 10.4. The summed E-state index contributed by atoms with van der Waals surface area (Å²) in [5.74, 6) is -0.0112. The number of nitrogens with one attached hydrogen (secondary N) is 1. The number of carbonyl (C=O) groups excluding carboxylic acids is 1. The van der Waals surface area contributed by atoms with Crippen LogP contribution in [0.25, 0.3) is 0 Å². The van der Waals surface area contributed by atoms with Gasteiger partial charge in [-0.2, -0.15) is 0 Å². The zero-order valence-corrected chi connectivity index (χ0v) is 11.4. The van der Waals surface area contributed by atoms with Crippen LogP contribution in [0.3, 0.4) is 0 Å². The van der Waals surface area contributed by atoms with Gasteiger partial charge in [0.1, 0.15) is 0 Å². The molecule has 0 aliphatic heterocycles. The molecule has 0 radical (unpaired) electrons. The predicted octanol–water partition coefficient (Wildman–Crippen LogP) is 1.31. The Kier molecular flexibility index (Phi) is 6.31. The van der Waals surface area contributed by atoms with Gasteiger partial charge in [0.25, 0.3) is 5.91 Å². The van der Waals surface area contributed by atoms with Crippen LogP contribution in [-0.2, 0) is 11.8 Å². The van der Waals surface area contributed by atoms with E-state index in [1.807, 2.05) is 0 Å². The average Bonchev–Trinajstić information content (AvgIpc) is 2.75. The highest BCUT2D eigenvalue weighted by Crippen LogP contribution is 2.14. The molecule has 0 bridgehead atoms. The van der Waals surface area contributed by atoms with Crippen molar-refractivity contribution in [1.82, 2.24) is 9.88 Å². The number of carbonyl (C=O) groups is 1. The molecule has 0 aromatic carbocycles. The zero-order chi connectivity index (χ0) is 14.3. The van der Waals surface area contributed by atoms with Gasteiger partial charge in [-0.15, -0.1) is 11.6 Å².